The van der Waals surface area contributed by atoms with Gasteiger partial charge >= 0.3 is 0 Å². The van der Waals surface area contributed by atoms with Gasteiger partial charge in [-0.1, -0.05) is 18.2 Å². The Morgan fingerprint density at radius 3 is 2.73 bits per heavy atom. The molecule has 1 nitrogen and oxygen atoms in total. The molecular weight excluding hydrogens is 249 g/mol. The van der Waals surface area contributed by atoms with E-state index >= 15 is 0 Å². The summed E-state index contributed by atoms with van der Waals surface area (Å²) in [4.78, 5) is 0. The Hall–Kier alpha value is -0.380. The van der Waals surface area contributed by atoms with Gasteiger partial charge in [0.1, 0.15) is 13.3 Å². The normalized spacial score (nSPS) is 13.4. The fourth-order valence-corrected chi connectivity index (χ4v) is 1.36. The van der Waals surface area contributed by atoms with E-state index in [1.54, 1.807) is 0 Å². The molecule has 11 heavy (non-hydrogen) atoms. The summed E-state index contributed by atoms with van der Waals surface area (Å²) in [6, 6.07) is 8.49. The molecule has 2 rings (SSSR count). The molecular formula is C9H10IN. The van der Waals surface area contributed by atoms with E-state index in [2.05, 4.69) is 42.1 Å². The summed E-state index contributed by atoms with van der Waals surface area (Å²) < 4.78 is 2.18. The van der Waals surface area contributed by atoms with Crippen LogP contribution in [0.2, 0.25) is 0 Å². The van der Waals surface area contributed by atoms with Crippen molar-refractivity contribution in [3.05, 3.63) is 29.8 Å². The minimum Gasteiger partial charge on any atom is -1.00 e. The first kappa shape index (κ1) is 8.71. The zero-order valence-electron chi connectivity index (χ0n) is 6.42. The predicted molar refractivity (Wildman–Crippen MR) is 42.1 cm³/mol. The van der Waals surface area contributed by atoms with Crippen LogP contribution >= 0.6 is 0 Å². The van der Waals surface area contributed by atoms with E-state index in [9.17, 15) is 0 Å². The van der Waals surface area contributed by atoms with Crippen molar-refractivity contribution in [2.45, 2.75) is 6.42 Å². The summed E-state index contributed by atoms with van der Waals surface area (Å²) >= 11 is 0. The van der Waals surface area contributed by atoms with Gasteiger partial charge in [0, 0.05) is 11.6 Å². The van der Waals surface area contributed by atoms with Crippen LogP contribution in [0.25, 0.3) is 0 Å². The van der Waals surface area contributed by atoms with Crippen LogP contribution < -0.4 is 24.0 Å². The first-order valence-corrected chi connectivity index (χ1v) is 3.52. The zero-order chi connectivity index (χ0) is 6.97. The highest BCUT2D eigenvalue weighted by molar-refractivity contribution is 5.66. The average Bonchev–Trinajstić information content (AvgIpc) is 2.34. The number of rotatable bonds is 0. The molecule has 58 valence electrons. The van der Waals surface area contributed by atoms with Crippen molar-refractivity contribution in [3.8, 4) is 0 Å². The van der Waals surface area contributed by atoms with Gasteiger partial charge in [0.05, 0.1) is 6.42 Å². The first-order valence-electron chi connectivity index (χ1n) is 3.52. The maximum Gasteiger partial charge on any atom is 0.208 e. The van der Waals surface area contributed by atoms with Crippen LogP contribution in [0.3, 0.4) is 0 Å². The number of hydrogen-bond donors (Lipinski definition) is 0. The second kappa shape index (κ2) is 3.34. The molecule has 1 aliphatic rings. The summed E-state index contributed by atoms with van der Waals surface area (Å²) in [5, 5.41) is 0. The highest BCUT2D eigenvalue weighted by Gasteiger charge is 2.15. The van der Waals surface area contributed by atoms with Crippen LogP contribution in [0.5, 0.6) is 0 Å². The zero-order valence-corrected chi connectivity index (χ0v) is 8.58. The lowest BCUT2D eigenvalue weighted by Crippen LogP contribution is -3.00. The first-order chi connectivity index (χ1) is 4.88. The van der Waals surface area contributed by atoms with Crippen molar-refractivity contribution in [2.24, 2.45) is 0 Å². The third-order valence-electron chi connectivity index (χ3n) is 1.96. The molecule has 0 unspecified atom stereocenters. The van der Waals surface area contributed by atoms with Gasteiger partial charge in [0.2, 0.25) is 5.69 Å². The Kier molecular flexibility index (Phi) is 2.65. The number of hydrogen-bond acceptors (Lipinski definition) is 0. The lowest BCUT2D eigenvalue weighted by Gasteiger charge is -1.91. The number of nitrogens with zero attached hydrogens (tertiary/aromatic N) is 1. The second-order valence-electron chi connectivity index (χ2n) is 2.63. The smallest absolute Gasteiger partial charge is 0.208 e. The summed E-state index contributed by atoms with van der Waals surface area (Å²) in [6.07, 6.45) is 3.29. The molecule has 1 aromatic carbocycles. The molecule has 0 spiro atoms. The van der Waals surface area contributed by atoms with Crippen molar-refractivity contribution in [1.29, 1.82) is 0 Å². The summed E-state index contributed by atoms with van der Waals surface area (Å²) in [7, 11) is 2.09. The number of benzene rings is 1. The minimum atomic E-state index is 0. The Bertz CT molecular complexity index is 291. The van der Waals surface area contributed by atoms with Gasteiger partial charge in [-0.15, -0.1) is 0 Å². The maximum atomic E-state index is 2.20. The van der Waals surface area contributed by atoms with E-state index < -0.39 is 0 Å². The lowest BCUT2D eigenvalue weighted by atomic mass is 10.2. The molecule has 0 aromatic heterocycles. The van der Waals surface area contributed by atoms with Crippen LogP contribution in [0.15, 0.2) is 24.3 Å². The molecule has 0 bridgehead atoms. The second-order valence-corrected chi connectivity index (χ2v) is 2.63. The third kappa shape index (κ3) is 1.45. The minimum absolute atomic E-state index is 0. The van der Waals surface area contributed by atoms with E-state index in [0.29, 0.717) is 0 Å². The van der Waals surface area contributed by atoms with Crippen LogP contribution in [0, 0.1) is 0 Å². The van der Waals surface area contributed by atoms with Gasteiger partial charge < -0.3 is 24.0 Å². The standard InChI is InChI=1S/C9H10N.HI/c1-10-7-6-8-4-2-3-5-9(8)10;/h2-5,7H,6H2,1H3;1H/q+1;/p-1. The maximum absolute atomic E-state index is 2.20. The average molecular weight is 259 g/mol. The van der Waals surface area contributed by atoms with Crippen molar-refractivity contribution >= 4 is 11.9 Å². The topological polar surface area (TPSA) is 3.01 Å². The molecule has 0 aliphatic carbocycles. The monoisotopic (exact) mass is 259 g/mol. The van der Waals surface area contributed by atoms with E-state index in [1.807, 2.05) is 0 Å². The van der Waals surface area contributed by atoms with Crippen LogP contribution in [-0.2, 0) is 6.42 Å². The third-order valence-corrected chi connectivity index (χ3v) is 1.96. The molecule has 1 aromatic rings. The molecule has 0 saturated carbocycles. The van der Waals surface area contributed by atoms with Gasteiger partial charge in [-0.25, -0.2) is 4.58 Å². The highest BCUT2D eigenvalue weighted by Crippen LogP contribution is 2.20. The molecule has 1 aliphatic heterocycles. The van der Waals surface area contributed by atoms with Crippen LogP contribution in [0.4, 0.5) is 5.69 Å². The Labute approximate surface area is 83.8 Å². The highest BCUT2D eigenvalue weighted by atomic mass is 127. The fraction of sp³-hybridized carbons (Fsp3) is 0.222. The molecule has 0 amide bonds. The van der Waals surface area contributed by atoms with Gasteiger partial charge in [0.15, 0.2) is 0 Å². The van der Waals surface area contributed by atoms with Crippen LogP contribution in [0.1, 0.15) is 5.56 Å². The van der Waals surface area contributed by atoms with E-state index in [4.69, 9.17) is 0 Å². The fourth-order valence-electron chi connectivity index (χ4n) is 1.36. The summed E-state index contributed by atoms with van der Waals surface area (Å²) in [5.41, 5.74) is 2.78. The molecule has 0 saturated heterocycles. The van der Waals surface area contributed by atoms with Gasteiger partial charge in [-0.05, 0) is 0 Å². The molecule has 0 N–H and O–H groups in total. The van der Waals surface area contributed by atoms with Crippen molar-refractivity contribution in [3.63, 3.8) is 0 Å². The largest absolute Gasteiger partial charge is 1.00 e. The molecule has 2 heteroatoms. The molecule has 1 heterocycles. The Morgan fingerprint density at radius 1 is 1.27 bits per heavy atom. The van der Waals surface area contributed by atoms with Gasteiger partial charge in [-0.2, -0.15) is 0 Å². The quantitative estimate of drug-likeness (QED) is 0.398. The Balaban J connectivity index is 0.000000605. The number of fused-ring (bicyclic) bond motifs is 1. The van der Waals surface area contributed by atoms with E-state index in [1.165, 1.54) is 11.3 Å². The van der Waals surface area contributed by atoms with Crippen molar-refractivity contribution in [2.75, 3.05) is 7.05 Å². The van der Waals surface area contributed by atoms with Crippen LogP contribution in [-0.4, -0.2) is 17.8 Å². The number of halogens is 1. The predicted octanol–water partition coefficient (Wildman–Crippen LogP) is -1.41. The van der Waals surface area contributed by atoms with Crippen molar-refractivity contribution < 1.29 is 28.6 Å². The van der Waals surface area contributed by atoms with Crippen molar-refractivity contribution in [1.82, 2.24) is 0 Å². The number of para-hydroxylation sites is 1. The lowest BCUT2D eigenvalue weighted by molar-refractivity contribution is -0.396. The molecule has 0 radical (unpaired) electrons. The Morgan fingerprint density at radius 2 is 2.00 bits per heavy atom. The van der Waals surface area contributed by atoms with Gasteiger partial charge in [-0.3, -0.25) is 0 Å². The summed E-state index contributed by atoms with van der Waals surface area (Å²) in [6.45, 7) is 0. The van der Waals surface area contributed by atoms with E-state index in [0.717, 1.165) is 6.42 Å². The van der Waals surface area contributed by atoms with E-state index in [-0.39, 0.29) is 24.0 Å². The van der Waals surface area contributed by atoms with Gasteiger partial charge in [0.25, 0.3) is 0 Å². The molecule has 0 fully saturated rings. The molecule has 0 atom stereocenters. The summed E-state index contributed by atoms with van der Waals surface area (Å²) in [5.74, 6) is 0. The SMILES string of the molecule is C[N+]1=CCc2ccccc21.[I-].